The smallest absolute Gasteiger partial charge is 0.138 e. The summed E-state index contributed by atoms with van der Waals surface area (Å²) < 4.78 is 5.54. The largest absolute Gasteiger partial charge is 0.381 e. The Kier molecular flexibility index (Phi) is 3.43. The first-order valence-electron chi connectivity index (χ1n) is 8.08. The Hall–Kier alpha value is -1.39. The number of piperidine rings is 1. The van der Waals surface area contributed by atoms with Crippen LogP contribution in [0.25, 0.3) is 11.0 Å². The van der Waals surface area contributed by atoms with Crippen LogP contribution in [0, 0.1) is 0 Å². The Morgan fingerprint density at radius 2 is 2.10 bits per heavy atom. The minimum atomic E-state index is 0.355. The molecule has 1 aliphatic heterocycles. The highest BCUT2D eigenvalue weighted by Crippen LogP contribution is 2.36. The SMILES string of the molecule is COC1CCc2c([nH]c3nccc(C4CCNCC4)c23)C1. The number of aromatic nitrogens is 2. The second-order valence-corrected chi connectivity index (χ2v) is 6.33. The molecule has 4 heteroatoms. The highest BCUT2D eigenvalue weighted by molar-refractivity contribution is 5.85. The molecule has 1 aliphatic carbocycles. The van der Waals surface area contributed by atoms with Crippen molar-refractivity contribution in [3.05, 3.63) is 29.1 Å². The predicted octanol–water partition coefficient (Wildman–Crippen LogP) is 2.53. The number of aromatic amines is 1. The molecule has 0 spiro atoms. The van der Waals surface area contributed by atoms with Crippen LogP contribution >= 0.6 is 0 Å². The maximum Gasteiger partial charge on any atom is 0.138 e. The molecule has 0 aromatic carbocycles. The van der Waals surface area contributed by atoms with E-state index in [2.05, 4.69) is 21.4 Å². The van der Waals surface area contributed by atoms with Gasteiger partial charge in [0.05, 0.1) is 6.10 Å². The van der Waals surface area contributed by atoms with Gasteiger partial charge in [0, 0.05) is 30.8 Å². The van der Waals surface area contributed by atoms with Gasteiger partial charge in [-0.2, -0.15) is 0 Å². The monoisotopic (exact) mass is 285 g/mol. The predicted molar refractivity (Wildman–Crippen MR) is 83.8 cm³/mol. The van der Waals surface area contributed by atoms with Gasteiger partial charge >= 0.3 is 0 Å². The molecule has 21 heavy (non-hydrogen) atoms. The third kappa shape index (κ3) is 2.27. The summed E-state index contributed by atoms with van der Waals surface area (Å²) in [5.74, 6) is 0.678. The standard InChI is InChI=1S/C17H23N3O/c1-21-12-2-3-14-15(10-12)20-17-16(14)13(6-9-19-17)11-4-7-18-8-5-11/h6,9,11-12,18H,2-5,7-8,10H2,1H3,(H,19,20). The molecule has 2 N–H and O–H groups in total. The Morgan fingerprint density at radius 1 is 1.24 bits per heavy atom. The first kappa shape index (κ1) is 13.3. The van der Waals surface area contributed by atoms with Gasteiger partial charge in [0.1, 0.15) is 5.65 Å². The van der Waals surface area contributed by atoms with E-state index < -0.39 is 0 Å². The van der Waals surface area contributed by atoms with Crippen LogP contribution in [0.3, 0.4) is 0 Å². The van der Waals surface area contributed by atoms with Crippen LogP contribution in [0.1, 0.15) is 42.0 Å². The van der Waals surface area contributed by atoms with Gasteiger partial charge in [-0.3, -0.25) is 0 Å². The van der Waals surface area contributed by atoms with E-state index >= 15 is 0 Å². The molecule has 1 unspecified atom stereocenters. The highest BCUT2D eigenvalue weighted by atomic mass is 16.5. The Labute approximate surface area is 125 Å². The molecule has 0 radical (unpaired) electrons. The number of pyridine rings is 1. The van der Waals surface area contributed by atoms with Gasteiger partial charge in [-0.25, -0.2) is 4.98 Å². The molecule has 2 aromatic rings. The number of methoxy groups -OCH3 is 1. The summed E-state index contributed by atoms with van der Waals surface area (Å²) in [5.41, 5.74) is 5.43. The summed E-state index contributed by atoms with van der Waals surface area (Å²) in [6.07, 6.45) is 8.02. The summed E-state index contributed by atoms with van der Waals surface area (Å²) in [6.45, 7) is 2.26. The lowest BCUT2D eigenvalue weighted by molar-refractivity contribution is 0.0905. The lowest BCUT2D eigenvalue weighted by Gasteiger charge is -2.25. The van der Waals surface area contributed by atoms with E-state index in [1.165, 1.54) is 35.0 Å². The van der Waals surface area contributed by atoms with Crippen molar-refractivity contribution in [1.29, 1.82) is 0 Å². The molecule has 112 valence electrons. The average molecular weight is 285 g/mol. The van der Waals surface area contributed by atoms with Crippen LogP contribution in [-0.2, 0) is 17.6 Å². The lowest BCUT2D eigenvalue weighted by Crippen LogP contribution is -2.26. The summed E-state index contributed by atoms with van der Waals surface area (Å²) in [6, 6.07) is 2.24. The molecule has 4 rings (SSSR count). The number of fused-ring (bicyclic) bond motifs is 3. The van der Waals surface area contributed by atoms with Gasteiger partial charge in [0.25, 0.3) is 0 Å². The fourth-order valence-electron chi connectivity index (χ4n) is 4.02. The molecule has 1 fully saturated rings. The number of ether oxygens (including phenoxy) is 1. The Balaban J connectivity index is 1.80. The number of hydrogen-bond donors (Lipinski definition) is 2. The molecule has 0 amide bonds. The van der Waals surface area contributed by atoms with E-state index in [-0.39, 0.29) is 0 Å². The van der Waals surface area contributed by atoms with Gasteiger partial charge in [-0.1, -0.05) is 0 Å². The van der Waals surface area contributed by atoms with Crippen LogP contribution < -0.4 is 5.32 Å². The third-order valence-electron chi connectivity index (χ3n) is 5.18. The minimum Gasteiger partial charge on any atom is -0.381 e. The van der Waals surface area contributed by atoms with Crippen molar-refractivity contribution in [2.75, 3.05) is 20.2 Å². The van der Waals surface area contributed by atoms with Crippen molar-refractivity contribution in [2.24, 2.45) is 0 Å². The van der Waals surface area contributed by atoms with Crippen molar-refractivity contribution in [1.82, 2.24) is 15.3 Å². The van der Waals surface area contributed by atoms with E-state index in [1.807, 2.05) is 13.3 Å². The molecule has 0 bridgehead atoms. The van der Waals surface area contributed by atoms with Crippen molar-refractivity contribution < 1.29 is 4.74 Å². The van der Waals surface area contributed by atoms with E-state index in [1.54, 1.807) is 0 Å². The molecule has 2 aliphatic rings. The quantitative estimate of drug-likeness (QED) is 0.891. The van der Waals surface area contributed by atoms with Crippen LogP contribution in [-0.4, -0.2) is 36.3 Å². The van der Waals surface area contributed by atoms with Gasteiger partial charge in [-0.15, -0.1) is 0 Å². The maximum absolute atomic E-state index is 5.54. The third-order valence-corrected chi connectivity index (χ3v) is 5.18. The van der Waals surface area contributed by atoms with Gasteiger partial charge in [-0.05, 0) is 61.9 Å². The molecule has 1 atom stereocenters. The van der Waals surface area contributed by atoms with Crippen LogP contribution in [0.4, 0.5) is 0 Å². The molecule has 1 saturated heterocycles. The van der Waals surface area contributed by atoms with Crippen LogP contribution in [0.15, 0.2) is 12.3 Å². The number of nitrogens with one attached hydrogen (secondary N) is 2. The van der Waals surface area contributed by atoms with Crippen LogP contribution in [0.5, 0.6) is 0 Å². The van der Waals surface area contributed by atoms with Gasteiger partial charge < -0.3 is 15.0 Å². The van der Waals surface area contributed by atoms with E-state index in [0.29, 0.717) is 12.0 Å². The van der Waals surface area contributed by atoms with Gasteiger partial charge in [0.15, 0.2) is 0 Å². The van der Waals surface area contributed by atoms with E-state index in [4.69, 9.17) is 4.74 Å². The highest BCUT2D eigenvalue weighted by Gasteiger charge is 2.26. The second-order valence-electron chi connectivity index (χ2n) is 6.33. The maximum atomic E-state index is 5.54. The van der Waals surface area contributed by atoms with Crippen molar-refractivity contribution in [3.8, 4) is 0 Å². The zero-order valence-electron chi connectivity index (χ0n) is 12.6. The first-order chi connectivity index (χ1) is 10.4. The van der Waals surface area contributed by atoms with E-state index in [9.17, 15) is 0 Å². The zero-order chi connectivity index (χ0) is 14.2. The fourth-order valence-corrected chi connectivity index (χ4v) is 4.02. The molecule has 4 nitrogen and oxygen atoms in total. The molecule has 3 heterocycles. The normalized spacial score (nSPS) is 23.4. The van der Waals surface area contributed by atoms with Crippen molar-refractivity contribution in [2.45, 2.75) is 44.1 Å². The van der Waals surface area contributed by atoms with Gasteiger partial charge in [0.2, 0.25) is 0 Å². The summed E-state index contributed by atoms with van der Waals surface area (Å²) in [4.78, 5) is 8.13. The summed E-state index contributed by atoms with van der Waals surface area (Å²) in [7, 11) is 1.82. The Bertz CT molecular complexity index is 643. The molecule has 0 saturated carbocycles. The number of hydrogen-bond acceptors (Lipinski definition) is 3. The summed E-state index contributed by atoms with van der Waals surface area (Å²) >= 11 is 0. The second kappa shape index (κ2) is 5.43. The van der Waals surface area contributed by atoms with Crippen molar-refractivity contribution >= 4 is 11.0 Å². The summed E-state index contributed by atoms with van der Waals surface area (Å²) in [5, 5.41) is 4.87. The number of nitrogens with zero attached hydrogens (tertiary/aromatic N) is 1. The minimum absolute atomic E-state index is 0.355. The first-order valence-corrected chi connectivity index (χ1v) is 8.08. The molecular weight excluding hydrogens is 262 g/mol. The van der Waals surface area contributed by atoms with E-state index in [0.717, 1.165) is 38.0 Å². The average Bonchev–Trinajstić information content (AvgIpc) is 2.93. The molecular formula is C17H23N3O. The lowest BCUT2D eigenvalue weighted by atomic mass is 9.85. The fraction of sp³-hybridized carbons (Fsp3) is 0.588. The van der Waals surface area contributed by atoms with Crippen LogP contribution in [0.2, 0.25) is 0 Å². The number of rotatable bonds is 2. The number of aryl methyl sites for hydroxylation is 1. The van der Waals surface area contributed by atoms with Crippen molar-refractivity contribution in [3.63, 3.8) is 0 Å². The topological polar surface area (TPSA) is 49.9 Å². The Morgan fingerprint density at radius 3 is 2.90 bits per heavy atom. The molecule has 2 aromatic heterocycles. The zero-order valence-corrected chi connectivity index (χ0v) is 12.6. The number of H-pyrrole nitrogens is 1.